The summed E-state index contributed by atoms with van der Waals surface area (Å²) in [5, 5.41) is 2.24. The molecule has 3 aromatic rings. The van der Waals surface area contributed by atoms with Crippen molar-refractivity contribution in [2.75, 3.05) is 62.2 Å². The number of hydrogen-bond acceptors (Lipinski definition) is 9. The van der Waals surface area contributed by atoms with Crippen LogP contribution in [0.25, 0.3) is 4.85 Å². The van der Waals surface area contributed by atoms with E-state index in [0.717, 1.165) is 93.3 Å². The van der Waals surface area contributed by atoms with E-state index in [9.17, 15) is 37.1 Å². The van der Waals surface area contributed by atoms with Crippen LogP contribution in [0.4, 0.5) is 30.4 Å². The third kappa shape index (κ3) is 8.36. The molecule has 1 unspecified atom stereocenters. The van der Waals surface area contributed by atoms with Gasteiger partial charge in [0.15, 0.2) is 0 Å². The Kier molecular flexibility index (Phi) is 11.2. The smallest absolute Gasteiger partial charge is 0.371 e. The molecule has 7 heterocycles. The number of nitrogens with zero attached hydrogens (tertiary/aromatic N) is 7. The number of amides is 5. The first kappa shape index (κ1) is 42.1. The molecule has 0 aliphatic carbocycles. The number of halogens is 3. The zero-order chi connectivity index (χ0) is 44.0. The Bertz CT molecular complexity index is 2450. The molecular formula is C47H47F3N8O5. The molecule has 6 aliphatic rings. The highest BCUT2D eigenvalue weighted by Gasteiger charge is 2.46. The molecule has 0 bridgehead atoms. The first-order valence-corrected chi connectivity index (χ1v) is 21.7. The summed E-state index contributed by atoms with van der Waals surface area (Å²) in [5.74, 6) is 4.39. The van der Waals surface area contributed by atoms with E-state index in [4.69, 9.17) is 6.57 Å². The maximum atomic E-state index is 13.5. The van der Waals surface area contributed by atoms with Gasteiger partial charge in [0.1, 0.15) is 12.2 Å². The SMILES string of the molecule is [C-]#[N+]c1ncc(N2CCC3(CCN(C(=O)c4ccc(C#CC5CCN(C6CCN(c7ccc8c(c7)C(=O)N(C7CCC(=O)NC7=O)C8=O)CC6)CC5)cc4)C3)CC2)cc1C(F)(F)F. The number of anilines is 2. The van der Waals surface area contributed by atoms with E-state index in [2.05, 4.69) is 36.8 Å². The van der Waals surface area contributed by atoms with Gasteiger partial charge in [0, 0.05) is 74.5 Å². The molecule has 6 aliphatic heterocycles. The van der Waals surface area contributed by atoms with Crippen LogP contribution in [0.5, 0.6) is 0 Å². The maximum absolute atomic E-state index is 13.5. The van der Waals surface area contributed by atoms with Crippen molar-refractivity contribution in [3.05, 3.63) is 94.0 Å². The van der Waals surface area contributed by atoms with Gasteiger partial charge in [0.05, 0.1) is 22.4 Å². The number of imide groups is 2. The van der Waals surface area contributed by atoms with E-state index >= 15 is 0 Å². The third-order valence-corrected chi connectivity index (χ3v) is 14.0. The first-order chi connectivity index (χ1) is 30.3. The zero-order valence-electron chi connectivity index (χ0n) is 34.8. The maximum Gasteiger partial charge on any atom is 0.409 e. The lowest BCUT2D eigenvalue weighted by Gasteiger charge is -2.42. The lowest BCUT2D eigenvalue weighted by Crippen LogP contribution is -2.54. The predicted octanol–water partition coefficient (Wildman–Crippen LogP) is 5.92. The second kappa shape index (κ2) is 16.8. The molecule has 1 spiro atoms. The van der Waals surface area contributed by atoms with Gasteiger partial charge in [0.2, 0.25) is 11.8 Å². The van der Waals surface area contributed by atoms with Crippen LogP contribution in [0.2, 0.25) is 0 Å². The fourth-order valence-corrected chi connectivity index (χ4v) is 10.3. The van der Waals surface area contributed by atoms with Gasteiger partial charge in [-0.2, -0.15) is 13.2 Å². The Morgan fingerprint density at radius 1 is 0.810 bits per heavy atom. The predicted molar refractivity (Wildman–Crippen MR) is 226 cm³/mol. The molecule has 5 amide bonds. The molecule has 326 valence electrons. The number of nitrogens with one attached hydrogen (secondary N) is 1. The van der Waals surface area contributed by atoms with Crippen LogP contribution in [-0.4, -0.2) is 114 Å². The number of rotatable bonds is 5. The largest absolute Gasteiger partial charge is 0.409 e. The van der Waals surface area contributed by atoms with E-state index < -0.39 is 47.2 Å². The molecule has 5 fully saturated rings. The summed E-state index contributed by atoms with van der Waals surface area (Å²) in [6.45, 7) is 13.0. The Morgan fingerprint density at radius 3 is 2.17 bits per heavy atom. The molecule has 63 heavy (non-hydrogen) atoms. The molecule has 1 atom stereocenters. The van der Waals surface area contributed by atoms with Gasteiger partial charge in [-0.05, 0) is 118 Å². The summed E-state index contributed by atoms with van der Waals surface area (Å²) in [5.41, 5.74) is 2.18. The average molecular weight is 861 g/mol. The minimum atomic E-state index is -4.65. The van der Waals surface area contributed by atoms with Gasteiger partial charge >= 0.3 is 6.18 Å². The number of aromatic nitrogens is 1. The number of carbonyl (C=O) groups is 5. The molecule has 2 aromatic carbocycles. The van der Waals surface area contributed by atoms with Crippen LogP contribution >= 0.6 is 0 Å². The topological polar surface area (TPSA) is 131 Å². The molecule has 0 radical (unpaired) electrons. The highest BCUT2D eigenvalue weighted by molar-refractivity contribution is 6.23. The number of hydrogen-bond donors (Lipinski definition) is 1. The van der Waals surface area contributed by atoms with Crippen LogP contribution < -0.4 is 15.1 Å². The Morgan fingerprint density at radius 2 is 1.49 bits per heavy atom. The monoisotopic (exact) mass is 860 g/mol. The van der Waals surface area contributed by atoms with Crippen LogP contribution in [-0.2, 0) is 15.8 Å². The Balaban J connectivity index is 0.720. The van der Waals surface area contributed by atoms with Crippen molar-refractivity contribution >= 4 is 46.7 Å². The number of pyridine rings is 1. The van der Waals surface area contributed by atoms with E-state index in [1.54, 1.807) is 12.1 Å². The van der Waals surface area contributed by atoms with Crippen LogP contribution in [0.3, 0.4) is 0 Å². The van der Waals surface area contributed by atoms with E-state index in [1.807, 2.05) is 40.1 Å². The molecule has 9 rings (SSSR count). The summed E-state index contributed by atoms with van der Waals surface area (Å²) in [4.78, 5) is 80.4. The lowest BCUT2D eigenvalue weighted by molar-refractivity contribution is -0.137. The molecule has 13 nitrogen and oxygen atoms in total. The molecule has 1 aromatic heterocycles. The normalized spacial score (nSPS) is 22.2. The van der Waals surface area contributed by atoms with Crippen LogP contribution in [0.1, 0.15) is 100.0 Å². The van der Waals surface area contributed by atoms with Crippen molar-refractivity contribution in [3.63, 3.8) is 0 Å². The van der Waals surface area contributed by atoms with Crippen molar-refractivity contribution < 1.29 is 37.1 Å². The minimum absolute atomic E-state index is 0.0296. The van der Waals surface area contributed by atoms with Crippen LogP contribution in [0.15, 0.2) is 54.7 Å². The first-order valence-electron chi connectivity index (χ1n) is 21.7. The van der Waals surface area contributed by atoms with Gasteiger partial charge in [-0.25, -0.2) is 0 Å². The van der Waals surface area contributed by atoms with Crippen molar-refractivity contribution in [2.45, 2.75) is 76.0 Å². The van der Waals surface area contributed by atoms with Crippen molar-refractivity contribution in [1.82, 2.24) is 25.0 Å². The minimum Gasteiger partial charge on any atom is -0.371 e. The number of carbonyl (C=O) groups excluding carboxylic acids is 5. The summed E-state index contributed by atoms with van der Waals surface area (Å²) >= 11 is 0. The fraction of sp³-hybridized carbons (Fsp3) is 0.468. The lowest BCUT2D eigenvalue weighted by atomic mass is 9.77. The zero-order valence-corrected chi connectivity index (χ0v) is 34.8. The van der Waals surface area contributed by atoms with Crippen molar-refractivity contribution in [3.8, 4) is 11.8 Å². The Labute approximate surface area is 363 Å². The van der Waals surface area contributed by atoms with Crippen molar-refractivity contribution in [1.29, 1.82) is 0 Å². The number of fused-ring (bicyclic) bond motifs is 1. The highest BCUT2D eigenvalue weighted by Crippen LogP contribution is 2.43. The molecule has 1 N–H and O–H groups in total. The molecular weight excluding hydrogens is 814 g/mol. The van der Waals surface area contributed by atoms with Gasteiger partial charge in [0.25, 0.3) is 23.5 Å². The average Bonchev–Trinajstić information content (AvgIpc) is 3.82. The van der Waals surface area contributed by atoms with E-state index in [1.165, 1.54) is 6.20 Å². The summed E-state index contributed by atoms with van der Waals surface area (Å²) in [6.07, 6.45) is 3.12. The van der Waals surface area contributed by atoms with E-state index in [0.29, 0.717) is 49.0 Å². The number of piperidine rings is 4. The summed E-state index contributed by atoms with van der Waals surface area (Å²) in [7, 11) is 0. The van der Waals surface area contributed by atoms with Gasteiger partial charge in [-0.3, -0.25) is 34.2 Å². The molecule has 16 heteroatoms. The van der Waals surface area contributed by atoms with Gasteiger partial charge < -0.3 is 24.4 Å². The summed E-state index contributed by atoms with van der Waals surface area (Å²) in [6, 6.07) is 13.3. The van der Waals surface area contributed by atoms with Crippen LogP contribution in [0, 0.1) is 29.7 Å². The molecule has 0 saturated carbocycles. The number of benzene rings is 2. The second-order valence-electron chi connectivity index (χ2n) is 17.7. The fourth-order valence-electron chi connectivity index (χ4n) is 10.3. The third-order valence-electron chi connectivity index (χ3n) is 14.0. The summed E-state index contributed by atoms with van der Waals surface area (Å²) < 4.78 is 40.6. The van der Waals surface area contributed by atoms with Crippen molar-refractivity contribution in [2.24, 2.45) is 11.3 Å². The number of likely N-dealkylation sites (tertiary alicyclic amines) is 2. The quantitative estimate of drug-likeness (QED) is 0.189. The molecule has 5 saturated heterocycles. The van der Waals surface area contributed by atoms with Gasteiger partial charge in [-0.1, -0.05) is 18.4 Å². The standard InChI is InChI=1S/C47H47F3N8O5/c1-51-41-38(47(48,49)50)27-35(28-52-41)56-23-16-46(17-24-56)18-25-57(29-46)43(61)32-6-4-30(5-7-32)2-3-31-12-19-54(20-13-31)33-14-21-55(22-15-33)34-8-9-36-37(26-34)45(63)58(44(36)62)39-10-11-40(59)53-42(39)60/h4-9,26-28,31,33,39H,10-25,29H2,(H,53,59,60). The second-order valence-corrected chi connectivity index (χ2v) is 17.7. The van der Waals surface area contributed by atoms with E-state index in [-0.39, 0.29) is 35.6 Å². The number of alkyl halides is 3. The highest BCUT2D eigenvalue weighted by atomic mass is 19.4. The Hall–Kier alpha value is -6.26. The van der Waals surface area contributed by atoms with Gasteiger partial charge in [-0.15, -0.1) is 4.98 Å².